The van der Waals surface area contributed by atoms with Gasteiger partial charge in [-0.3, -0.25) is 4.79 Å². The number of aromatic nitrogens is 3. The molecule has 1 fully saturated rings. The average molecular weight is 439 g/mol. The van der Waals surface area contributed by atoms with Crippen molar-refractivity contribution in [1.82, 2.24) is 19.7 Å². The molecule has 2 aromatic carbocycles. The van der Waals surface area contributed by atoms with Crippen LogP contribution in [0.25, 0.3) is 5.69 Å². The third kappa shape index (κ3) is 5.02. The van der Waals surface area contributed by atoms with E-state index in [1.54, 1.807) is 26.2 Å². The number of carbonyl (C=O) groups excluding carboxylic acids is 1. The van der Waals surface area contributed by atoms with Crippen molar-refractivity contribution in [2.45, 2.75) is 30.5 Å². The highest BCUT2D eigenvalue weighted by Gasteiger charge is 2.30. The van der Waals surface area contributed by atoms with Crippen LogP contribution in [0.3, 0.4) is 0 Å². The molecule has 0 N–H and O–H groups in total. The number of ether oxygens (including phenoxy) is 2. The molecule has 1 aliphatic carbocycles. The Labute approximate surface area is 186 Å². The summed E-state index contributed by atoms with van der Waals surface area (Å²) in [5.74, 6) is 3.07. The molecule has 4 rings (SSSR count). The second-order valence-corrected chi connectivity index (χ2v) is 8.44. The van der Waals surface area contributed by atoms with E-state index in [9.17, 15) is 4.79 Å². The van der Waals surface area contributed by atoms with Gasteiger partial charge in [0, 0.05) is 19.5 Å². The van der Waals surface area contributed by atoms with Crippen molar-refractivity contribution in [2.75, 3.05) is 27.0 Å². The van der Waals surface area contributed by atoms with Crippen molar-refractivity contribution < 1.29 is 14.3 Å². The summed E-state index contributed by atoms with van der Waals surface area (Å²) in [7, 11) is 5.00. The minimum atomic E-state index is 0.0174. The summed E-state index contributed by atoms with van der Waals surface area (Å²) in [5, 5.41) is 5.30. The highest BCUT2D eigenvalue weighted by Crippen LogP contribution is 2.40. The Hall–Kier alpha value is -3.00. The molecule has 0 radical (unpaired) electrons. The molecule has 0 unspecified atom stereocenters. The Kier molecular flexibility index (Phi) is 6.46. The van der Waals surface area contributed by atoms with Crippen LogP contribution < -0.4 is 9.47 Å². The highest BCUT2D eigenvalue weighted by atomic mass is 32.2. The fourth-order valence-electron chi connectivity index (χ4n) is 3.31. The first kappa shape index (κ1) is 21.2. The summed E-state index contributed by atoms with van der Waals surface area (Å²) in [4.78, 5) is 19.1. The Bertz CT molecular complexity index is 1050. The van der Waals surface area contributed by atoms with Gasteiger partial charge < -0.3 is 14.4 Å². The lowest BCUT2D eigenvalue weighted by molar-refractivity contribution is -0.127. The number of thioether (sulfide) groups is 1. The summed E-state index contributed by atoms with van der Waals surface area (Å²) in [6.07, 6.45) is 2.28. The third-order valence-corrected chi connectivity index (χ3v) is 6.00. The zero-order valence-corrected chi connectivity index (χ0v) is 18.8. The van der Waals surface area contributed by atoms with Crippen LogP contribution in [0.15, 0.2) is 53.7 Å². The molecule has 1 aromatic heterocycles. The van der Waals surface area contributed by atoms with Crippen molar-refractivity contribution in [3.8, 4) is 17.2 Å². The van der Waals surface area contributed by atoms with Crippen LogP contribution in [-0.4, -0.2) is 52.6 Å². The molecule has 7 nitrogen and oxygen atoms in total. The number of para-hydroxylation sites is 1. The van der Waals surface area contributed by atoms with Crippen molar-refractivity contribution in [2.24, 2.45) is 0 Å². The standard InChI is InChI=1S/C23H26N4O3S/c1-26(14-16-9-12-19(29-2)20(13-16)30-3)21(28)15-31-23-24-22(17-10-11-17)27(25-23)18-7-5-4-6-8-18/h4-9,12-13,17H,10-11,14-15H2,1-3H3. The molecule has 0 saturated heterocycles. The maximum Gasteiger partial charge on any atom is 0.233 e. The van der Waals surface area contributed by atoms with E-state index in [-0.39, 0.29) is 11.7 Å². The molecule has 1 heterocycles. The first-order chi connectivity index (χ1) is 15.1. The Morgan fingerprint density at radius 3 is 2.55 bits per heavy atom. The summed E-state index contributed by atoms with van der Waals surface area (Å²) in [6, 6.07) is 15.7. The lowest BCUT2D eigenvalue weighted by Crippen LogP contribution is -2.27. The number of benzene rings is 2. The Morgan fingerprint density at radius 1 is 1.13 bits per heavy atom. The minimum Gasteiger partial charge on any atom is -0.493 e. The second kappa shape index (κ2) is 9.43. The van der Waals surface area contributed by atoms with Crippen LogP contribution in [0, 0.1) is 0 Å². The predicted molar refractivity (Wildman–Crippen MR) is 120 cm³/mol. The number of hydrogen-bond acceptors (Lipinski definition) is 6. The van der Waals surface area contributed by atoms with E-state index in [1.165, 1.54) is 11.8 Å². The molecular weight excluding hydrogens is 412 g/mol. The van der Waals surface area contributed by atoms with Gasteiger partial charge in [0.25, 0.3) is 0 Å². The molecule has 1 aliphatic rings. The van der Waals surface area contributed by atoms with Crippen molar-refractivity contribution >= 4 is 17.7 Å². The molecule has 0 aliphatic heterocycles. The largest absolute Gasteiger partial charge is 0.493 e. The normalized spacial score (nSPS) is 13.1. The Morgan fingerprint density at radius 2 is 1.87 bits per heavy atom. The van der Waals surface area contributed by atoms with Crippen LogP contribution in [0.2, 0.25) is 0 Å². The molecule has 31 heavy (non-hydrogen) atoms. The van der Waals surface area contributed by atoms with Crippen LogP contribution >= 0.6 is 11.8 Å². The average Bonchev–Trinajstić information content (AvgIpc) is 3.56. The van der Waals surface area contributed by atoms with Crippen LogP contribution in [0.4, 0.5) is 0 Å². The number of hydrogen-bond donors (Lipinski definition) is 0. The van der Waals surface area contributed by atoms with E-state index in [0.717, 1.165) is 29.9 Å². The summed E-state index contributed by atoms with van der Waals surface area (Å²) < 4.78 is 12.5. The van der Waals surface area contributed by atoms with Gasteiger partial charge >= 0.3 is 0 Å². The number of amides is 1. The maximum absolute atomic E-state index is 12.7. The summed E-state index contributed by atoms with van der Waals surface area (Å²) in [5.41, 5.74) is 1.97. The third-order valence-electron chi connectivity index (χ3n) is 5.17. The summed E-state index contributed by atoms with van der Waals surface area (Å²) in [6.45, 7) is 0.485. The summed E-state index contributed by atoms with van der Waals surface area (Å²) >= 11 is 1.38. The molecule has 8 heteroatoms. The minimum absolute atomic E-state index is 0.0174. The van der Waals surface area contributed by atoms with Crippen LogP contribution in [0.5, 0.6) is 11.5 Å². The highest BCUT2D eigenvalue weighted by molar-refractivity contribution is 7.99. The fraction of sp³-hybridized carbons (Fsp3) is 0.348. The van der Waals surface area contributed by atoms with Gasteiger partial charge in [-0.2, -0.15) is 0 Å². The van der Waals surface area contributed by atoms with Gasteiger partial charge in [0.1, 0.15) is 5.82 Å². The van der Waals surface area contributed by atoms with E-state index in [2.05, 4.69) is 5.10 Å². The molecule has 3 aromatic rings. The Balaban J connectivity index is 1.39. The molecule has 162 valence electrons. The monoisotopic (exact) mass is 438 g/mol. The number of methoxy groups -OCH3 is 2. The van der Waals surface area contributed by atoms with Gasteiger partial charge in [0.15, 0.2) is 11.5 Å². The lowest BCUT2D eigenvalue weighted by atomic mass is 10.2. The molecular formula is C23H26N4O3S. The molecule has 1 amide bonds. The van der Waals surface area contributed by atoms with E-state index >= 15 is 0 Å². The zero-order chi connectivity index (χ0) is 21.8. The van der Waals surface area contributed by atoms with Crippen LogP contribution in [-0.2, 0) is 11.3 Å². The number of carbonyl (C=O) groups is 1. The topological polar surface area (TPSA) is 69.5 Å². The number of nitrogens with zero attached hydrogens (tertiary/aromatic N) is 4. The molecule has 0 atom stereocenters. The van der Waals surface area contributed by atoms with Crippen molar-refractivity contribution in [3.63, 3.8) is 0 Å². The van der Waals surface area contributed by atoms with Gasteiger partial charge in [0.05, 0.1) is 25.7 Å². The van der Waals surface area contributed by atoms with Crippen molar-refractivity contribution in [3.05, 3.63) is 59.9 Å². The SMILES string of the molecule is COc1ccc(CN(C)C(=O)CSc2nc(C3CC3)n(-c3ccccc3)n2)cc1OC. The van der Waals surface area contributed by atoms with Gasteiger partial charge in [0.2, 0.25) is 11.1 Å². The fourth-order valence-corrected chi connectivity index (χ4v) is 4.08. The molecule has 1 saturated carbocycles. The van der Waals surface area contributed by atoms with E-state index in [4.69, 9.17) is 14.5 Å². The van der Waals surface area contributed by atoms with E-state index in [0.29, 0.717) is 29.1 Å². The first-order valence-corrected chi connectivity index (χ1v) is 11.2. The van der Waals surface area contributed by atoms with Gasteiger partial charge in [-0.1, -0.05) is 36.0 Å². The maximum atomic E-state index is 12.7. The molecule has 0 bridgehead atoms. The van der Waals surface area contributed by atoms with Crippen molar-refractivity contribution in [1.29, 1.82) is 0 Å². The molecule has 0 spiro atoms. The van der Waals surface area contributed by atoms with Crippen LogP contribution in [0.1, 0.15) is 30.1 Å². The second-order valence-electron chi connectivity index (χ2n) is 7.50. The van der Waals surface area contributed by atoms with Gasteiger partial charge in [-0.05, 0) is 42.7 Å². The lowest BCUT2D eigenvalue weighted by Gasteiger charge is -2.18. The van der Waals surface area contributed by atoms with E-state index < -0.39 is 0 Å². The number of rotatable bonds is 9. The zero-order valence-electron chi connectivity index (χ0n) is 17.9. The quantitative estimate of drug-likeness (QED) is 0.472. The smallest absolute Gasteiger partial charge is 0.233 e. The van der Waals surface area contributed by atoms with Gasteiger partial charge in [-0.25, -0.2) is 9.67 Å². The predicted octanol–water partition coefficient (Wildman–Crippen LogP) is 3.91. The van der Waals surface area contributed by atoms with E-state index in [1.807, 2.05) is 53.2 Å². The van der Waals surface area contributed by atoms with Gasteiger partial charge in [-0.15, -0.1) is 5.10 Å². The first-order valence-electron chi connectivity index (χ1n) is 10.2.